The van der Waals surface area contributed by atoms with E-state index in [-0.39, 0.29) is 0 Å². The van der Waals surface area contributed by atoms with Crippen LogP contribution in [0.25, 0.3) is 0 Å². The molecule has 4 heteroatoms. The normalized spacial score (nSPS) is 20.8. The smallest absolute Gasteiger partial charge is 0.0413 e. The van der Waals surface area contributed by atoms with Gasteiger partial charge in [-0.15, -0.1) is 0 Å². The maximum Gasteiger partial charge on any atom is 0.0413 e. The fourth-order valence-corrected chi connectivity index (χ4v) is 3.06. The van der Waals surface area contributed by atoms with Crippen LogP contribution in [0, 0.1) is 5.92 Å². The van der Waals surface area contributed by atoms with Crippen LogP contribution in [0.2, 0.25) is 5.02 Å². The van der Waals surface area contributed by atoms with Gasteiger partial charge < -0.3 is 10.6 Å². The van der Waals surface area contributed by atoms with Gasteiger partial charge in [-0.1, -0.05) is 11.6 Å². The van der Waals surface area contributed by atoms with E-state index in [9.17, 15) is 0 Å². The van der Waals surface area contributed by atoms with E-state index >= 15 is 0 Å². The number of hydrogen-bond donors (Lipinski definition) is 1. The SMILES string of the molecule is NCc1cc(Cl)ccc1N1CCN(CC2CC2)CC1. The van der Waals surface area contributed by atoms with Crippen molar-refractivity contribution in [2.45, 2.75) is 19.4 Å². The van der Waals surface area contributed by atoms with Crippen molar-refractivity contribution in [2.75, 3.05) is 37.6 Å². The molecule has 104 valence electrons. The second kappa shape index (κ2) is 5.70. The molecule has 1 aromatic carbocycles. The fourth-order valence-electron chi connectivity index (χ4n) is 2.86. The number of nitrogens with two attached hydrogens (primary N) is 1. The van der Waals surface area contributed by atoms with E-state index in [1.807, 2.05) is 12.1 Å². The Labute approximate surface area is 120 Å². The van der Waals surface area contributed by atoms with Crippen molar-refractivity contribution in [1.29, 1.82) is 0 Å². The van der Waals surface area contributed by atoms with E-state index in [0.29, 0.717) is 6.54 Å². The van der Waals surface area contributed by atoms with Crippen molar-refractivity contribution in [3.8, 4) is 0 Å². The highest BCUT2D eigenvalue weighted by atomic mass is 35.5. The minimum Gasteiger partial charge on any atom is -0.369 e. The van der Waals surface area contributed by atoms with Gasteiger partial charge in [0.05, 0.1) is 0 Å². The van der Waals surface area contributed by atoms with Crippen LogP contribution in [0.3, 0.4) is 0 Å². The molecule has 3 nitrogen and oxygen atoms in total. The third-order valence-corrected chi connectivity index (χ3v) is 4.42. The Morgan fingerprint density at radius 2 is 1.89 bits per heavy atom. The number of piperazine rings is 1. The van der Waals surface area contributed by atoms with E-state index in [2.05, 4.69) is 15.9 Å². The molecule has 2 fully saturated rings. The second-order valence-corrected chi connectivity index (χ2v) is 6.14. The zero-order chi connectivity index (χ0) is 13.2. The Morgan fingerprint density at radius 3 is 2.53 bits per heavy atom. The standard InChI is InChI=1S/C15H22ClN3/c16-14-3-4-15(13(9-14)10-17)19-7-5-18(6-8-19)11-12-1-2-12/h3-4,9,12H,1-2,5-8,10-11,17H2. The summed E-state index contributed by atoms with van der Waals surface area (Å²) in [5.41, 5.74) is 8.25. The molecule has 0 radical (unpaired) electrons. The molecule has 0 spiro atoms. The van der Waals surface area contributed by atoms with Crippen LogP contribution >= 0.6 is 11.6 Å². The maximum absolute atomic E-state index is 6.04. The summed E-state index contributed by atoms with van der Waals surface area (Å²) >= 11 is 6.04. The quantitative estimate of drug-likeness (QED) is 0.918. The summed E-state index contributed by atoms with van der Waals surface area (Å²) in [6.07, 6.45) is 2.88. The number of anilines is 1. The Kier molecular flexibility index (Phi) is 3.96. The van der Waals surface area contributed by atoms with Gasteiger partial charge in [-0.3, -0.25) is 4.90 Å². The van der Waals surface area contributed by atoms with E-state index in [1.54, 1.807) is 0 Å². The summed E-state index contributed by atoms with van der Waals surface area (Å²) in [5, 5.41) is 0.775. The molecule has 0 aromatic heterocycles. The lowest BCUT2D eigenvalue weighted by Gasteiger charge is -2.37. The number of nitrogens with zero attached hydrogens (tertiary/aromatic N) is 2. The minimum absolute atomic E-state index is 0.554. The van der Waals surface area contributed by atoms with E-state index in [0.717, 1.165) is 29.6 Å². The van der Waals surface area contributed by atoms with Crippen LogP contribution in [0.5, 0.6) is 0 Å². The van der Waals surface area contributed by atoms with Crippen molar-refractivity contribution in [1.82, 2.24) is 4.90 Å². The predicted molar refractivity (Wildman–Crippen MR) is 80.7 cm³/mol. The number of rotatable bonds is 4. The zero-order valence-electron chi connectivity index (χ0n) is 11.3. The summed E-state index contributed by atoms with van der Waals surface area (Å²) in [7, 11) is 0. The first-order chi connectivity index (χ1) is 9.26. The van der Waals surface area contributed by atoms with Crippen molar-refractivity contribution >= 4 is 17.3 Å². The Morgan fingerprint density at radius 1 is 1.16 bits per heavy atom. The van der Waals surface area contributed by atoms with Gasteiger partial charge in [0.15, 0.2) is 0 Å². The molecule has 1 saturated heterocycles. The van der Waals surface area contributed by atoms with Crippen molar-refractivity contribution < 1.29 is 0 Å². The van der Waals surface area contributed by atoms with Crippen LogP contribution < -0.4 is 10.6 Å². The first kappa shape index (κ1) is 13.2. The first-order valence-electron chi connectivity index (χ1n) is 7.22. The highest BCUT2D eigenvalue weighted by Crippen LogP contribution is 2.30. The van der Waals surface area contributed by atoms with Crippen LogP contribution in [0.15, 0.2) is 18.2 Å². The maximum atomic E-state index is 6.04. The summed E-state index contributed by atoms with van der Waals surface area (Å²) < 4.78 is 0. The molecule has 1 saturated carbocycles. The molecule has 0 unspecified atom stereocenters. The van der Waals surface area contributed by atoms with Gasteiger partial charge in [-0.05, 0) is 42.5 Å². The van der Waals surface area contributed by atoms with Gasteiger partial charge in [0, 0.05) is 50.0 Å². The van der Waals surface area contributed by atoms with Crippen molar-refractivity contribution in [2.24, 2.45) is 11.7 Å². The van der Waals surface area contributed by atoms with E-state index in [1.165, 1.54) is 38.2 Å². The number of benzene rings is 1. The van der Waals surface area contributed by atoms with E-state index < -0.39 is 0 Å². The minimum atomic E-state index is 0.554. The molecule has 1 aromatic rings. The van der Waals surface area contributed by atoms with Crippen molar-refractivity contribution in [3.63, 3.8) is 0 Å². The van der Waals surface area contributed by atoms with Gasteiger partial charge in [-0.25, -0.2) is 0 Å². The summed E-state index contributed by atoms with van der Waals surface area (Å²) in [4.78, 5) is 5.05. The molecular formula is C15H22ClN3. The highest BCUT2D eigenvalue weighted by molar-refractivity contribution is 6.30. The van der Waals surface area contributed by atoms with Crippen LogP contribution in [0.4, 0.5) is 5.69 Å². The average molecular weight is 280 g/mol. The zero-order valence-corrected chi connectivity index (χ0v) is 12.1. The summed E-state index contributed by atoms with van der Waals surface area (Å²) in [6, 6.07) is 6.07. The molecule has 1 heterocycles. The molecule has 2 aliphatic rings. The Bertz CT molecular complexity index is 437. The lowest BCUT2D eigenvalue weighted by molar-refractivity contribution is 0.248. The molecule has 1 aliphatic heterocycles. The molecular weight excluding hydrogens is 258 g/mol. The molecule has 1 aliphatic carbocycles. The van der Waals surface area contributed by atoms with Gasteiger partial charge in [0.25, 0.3) is 0 Å². The molecule has 0 atom stereocenters. The third-order valence-electron chi connectivity index (χ3n) is 4.19. The van der Waals surface area contributed by atoms with Gasteiger partial charge in [-0.2, -0.15) is 0 Å². The molecule has 3 rings (SSSR count). The fraction of sp³-hybridized carbons (Fsp3) is 0.600. The lowest BCUT2D eigenvalue weighted by Crippen LogP contribution is -2.47. The van der Waals surface area contributed by atoms with Crippen molar-refractivity contribution in [3.05, 3.63) is 28.8 Å². The summed E-state index contributed by atoms with van der Waals surface area (Å²) in [5.74, 6) is 0.988. The molecule has 0 amide bonds. The van der Waals surface area contributed by atoms with Gasteiger partial charge >= 0.3 is 0 Å². The second-order valence-electron chi connectivity index (χ2n) is 5.71. The topological polar surface area (TPSA) is 32.5 Å². The first-order valence-corrected chi connectivity index (χ1v) is 7.60. The van der Waals surface area contributed by atoms with E-state index in [4.69, 9.17) is 17.3 Å². The molecule has 19 heavy (non-hydrogen) atoms. The van der Waals surface area contributed by atoms with Gasteiger partial charge in [0.2, 0.25) is 0 Å². The predicted octanol–water partition coefficient (Wildman–Crippen LogP) is 2.33. The monoisotopic (exact) mass is 279 g/mol. The molecule has 0 bridgehead atoms. The lowest BCUT2D eigenvalue weighted by atomic mass is 10.1. The summed E-state index contributed by atoms with van der Waals surface area (Å²) in [6.45, 7) is 6.39. The third kappa shape index (κ3) is 3.22. The average Bonchev–Trinajstić information content (AvgIpc) is 3.24. The van der Waals surface area contributed by atoms with Crippen LogP contribution in [-0.4, -0.2) is 37.6 Å². The number of halogens is 1. The van der Waals surface area contributed by atoms with Gasteiger partial charge in [0.1, 0.15) is 0 Å². The Balaban J connectivity index is 1.63. The number of hydrogen-bond acceptors (Lipinski definition) is 3. The van der Waals surface area contributed by atoms with Crippen LogP contribution in [0.1, 0.15) is 18.4 Å². The largest absolute Gasteiger partial charge is 0.369 e. The Hall–Kier alpha value is -0.770. The molecule has 2 N–H and O–H groups in total. The van der Waals surface area contributed by atoms with Crippen LogP contribution in [-0.2, 0) is 6.54 Å². The highest BCUT2D eigenvalue weighted by Gasteiger charge is 2.26.